The van der Waals surface area contributed by atoms with Gasteiger partial charge in [-0.3, -0.25) is 9.69 Å². The molecule has 0 spiro atoms. The summed E-state index contributed by atoms with van der Waals surface area (Å²) in [5.41, 5.74) is 4.79. The number of carbonyl (C=O) groups excluding carboxylic acids is 1. The molecule has 5 heteroatoms. The fraction of sp³-hybridized carbons (Fsp3) is 0.370. The molecule has 1 atom stereocenters. The zero-order valence-electron chi connectivity index (χ0n) is 18.5. The molecule has 2 aliphatic heterocycles. The average molecular weight is 540 g/mol. The Hall–Kier alpha value is -2.12. The average Bonchev–Trinajstić information content (AvgIpc) is 3.19. The molecule has 1 unspecified atom stereocenters. The Morgan fingerprint density at radius 2 is 2.09 bits per heavy atom. The topological polar surface area (TPSA) is 45.5 Å². The van der Waals surface area contributed by atoms with E-state index in [0.717, 1.165) is 57.5 Å². The molecular formula is C27H29IN2O2. The van der Waals surface area contributed by atoms with Gasteiger partial charge >= 0.3 is 0 Å². The summed E-state index contributed by atoms with van der Waals surface area (Å²) >= 11 is 2.24. The standard InChI is InChI=1S/C27H29IN2O2/c1-2-13-29-27-25(18-12-15-30-14-6-5-7-20(30)16-18)22-17-19(10-11-24(22)32-27)26(31)21-8-3-4-9-23(21)28/h3-4,8-12,17,20,29H,2,5-7,13-16H2,1H3. The monoisotopic (exact) mass is 540 g/mol. The molecule has 4 nitrogen and oxygen atoms in total. The van der Waals surface area contributed by atoms with Gasteiger partial charge in [0.2, 0.25) is 5.88 Å². The Balaban J connectivity index is 1.58. The molecule has 1 fully saturated rings. The van der Waals surface area contributed by atoms with E-state index in [1.54, 1.807) is 0 Å². The minimum absolute atomic E-state index is 0.0585. The summed E-state index contributed by atoms with van der Waals surface area (Å²) < 4.78 is 7.25. The van der Waals surface area contributed by atoms with Crippen LogP contribution in [0.1, 0.15) is 60.5 Å². The third-order valence-electron chi connectivity index (χ3n) is 6.70. The Kier molecular flexibility index (Phi) is 6.37. The molecule has 0 aliphatic carbocycles. The van der Waals surface area contributed by atoms with E-state index >= 15 is 0 Å². The maximum absolute atomic E-state index is 13.3. The minimum atomic E-state index is 0.0585. The van der Waals surface area contributed by atoms with Gasteiger partial charge < -0.3 is 9.73 Å². The van der Waals surface area contributed by atoms with Gasteiger partial charge in [0.05, 0.1) is 0 Å². The number of carbonyl (C=O) groups is 1. The number of rotatable bonds is 6. The van der Waals surface area contributed by atoms with Crippen LogP contribution in [0.15, 0.2) is 53.0 Å². The van der Waals surface area contributed by atoms with Crippen LogP contribution < -0.4 is 5.32 Å². The minimum Gasteiger partial charge on any atom is -0.440 e. The molecule has 0 amide bonds. The number of ketones is 1. The predicted octanol–water partition coefficient (Wildman–Crippen LogP) is 6.73. The summed E-state index contributed by atoms with van der Waals surface area (Å²) in [6.45, 7) is 5.23. The fourth-order valence-electron chi connectivity index (χ4n) is 5.02. The largest absolute Gasteiger partial charge is 0.440 e. The second-order valence-corrected chi connectivity index (χ2v) is 9.99. The van der Waals surface area contributed by atoms with Crippen LogP contribution in [-0.2, 0) is 0 Å². The van der Waals surface area contributed by atoms with Gasteiger partial charge in [-0.25, -0.2) is 0 Å². The van der Waals surface area contributed by atoms with Crippen LogP contribution in [-0.4, -0.2) is 36.4 Å². The van der Waals surface area contributed by atoms with Crippen LogP contribution in [0.25, 0.3) is 16.5 Å². The van der Waals surface area contributed by atoms with Crippen molar-refractivity contribution < 1.29 is 9.21 Å². The lowest BCUT2D eigenvalue weighted by Gasteiger charge is -2.38. The summed E-state index contributed by atoms with van der Waals surface area (Å²) in [6.07, 6.45) is 8.34. The zero-order chi connectivity index (χ0) is 22.1. The molecule has 0 saturated carbocycles. The molecule has 3 heterocycles. The molecule has 3 aromatic rings. The van der Waals surface area contributed by atoms with Crippen molar-refractivity contribution in [1.29, 1.82) is 0 Å². The van der Waals surface area contributed by atoms with Crippen molar-refractivity contribution in [3.63, 3.8) is 0 Å². The Morgan fingerprint density at radius 3 is 2.94 bits per heavy atom. The van der Waals surface area contributed by atoms with Gasteiger partial charge in [-0.05, 0) is 90.7 Å². The molecular weight excluding hydrogens is 511 g/mol. The SMILES string of the molecule is CCCNc1oc2ccc(C(=O)c3ccccc3I)cc2c1C1=CCN2CCCCC2C1. The van der Waals surface area contributed by atoms with Gasteiger partial charge in [-0.1, -0.05) is 31.6 Å². The first-order valence-electron chi connectivity index (χ1n) is 11.7. The van der Waals surface area contributed by atoms with E-state index in [1.165, 1.54) is 31.4 Å². The molecule has 2 aromatic carbocycles. The highest BCUT2D eigenvalue weighted by molar-refractivity contribution is 14.1. The molecule has 2 aliphatic rings. The van der Waals surface area contributed by atoms with E-state index < -0.39 is 0 Å². The normalized spacial score (nSPS) is 18.9. The van der Waals surface area contributed by atoms with Crippen molar-refractivity contribution in [2.45, 2.75) is 45.1 Å². The zero-order valence-corrected chi connectivity index (χ0v) is 20.7. The first-order chi connectivity index (χ1) is 15.7. The molecule has 32 heavy (non-hydrogen) atoms. The van der Waals surface area contributed by atoms with Crippen molar-refractivity contribution >= 4 is 50.8 Å². The third kappa shape index (κ3) is 4.13. The van der Waals surface area contributed by atoms with Gasteiger partial charge in [-0.15, -0.1) is 0 Å². The van der Waals surface area contributed by atoms with Gasteiger partial charge in [0, 0.05) is 44.8 Å². The fourth-order valence-corrected chi connectivity index (χ4v) is 5.65. The molecule has 1 aromatic heterocycles. The number of anilines is 1. The van der Waals surface area contributed by atoms with Crippen LogP contribution in [0, 0.1) is 3.57 Å². The van der Waals surface area contributed by atoms with E-state index in [4.69, 9.17) is 4.42 Å². The molecule has 0 bridgehead atoms. The van der Waals surface area contributed by atoms with Crippen LogP contribution in [0.5, 0.6) is 0 Å². The smallest absolute Gasteiger partial charge is 0.201 e. The number of nitrogens with zero attached hydrogens (tertiary/aromatic N) is 1. The Labute approximate surface area is 203 Å². The van der Waals surface area contributed by atoms with E-state index in [0.29, 0.717) is 11.6 Å². The van der Waals surface area contributed by atoms with Gasteiger partial charge in [0.15, 0.2) is 5.78 Å². The first kappa shape index (κ1) is 21.7. The molecule has 5 rings (SSSR count). The molecule has 166 valence electrons. The molecule has 1 N–H and O–H groups in total. The number of hydrogen-bond donors (Lipinski definition) is 1. The summed E-state index contributed by atoms with van der Waals surface area (Å²) in [7, 11) is 0. The van der Waals surface area contributed by atoms with Crippen molar-refractivity contribution in [3.05, 3.63) is 68.8 Å². The summed E-state index contributed by atoms with van der Waals surface area (Å²) in [5, 5.41) is 4.54. The van der Waals surface area contributed by atoms with Crippen LogP contribution in [0.3, 0.4) is 0 Å². The van der Waals surface area contributed by atoms with E-state index in [2.05, 4.69) is 45.8 Å². The number of halogens is 1. The van der Waals surface area contributed by atoms with E-state index in [1.807, 2.05) is 42.5 Å². The predicted molar refractivity (Wildman–Crippen MR) is 139 cm³/mol. The van der Waals surface area contributed by atoms with Crippen LogP contribution in [0.2, 0.25) is 0 Å². The number of piperidine rings is 1. The van der Waals surface area contributed by atoms with E-state index in [-0.39, 0.29) is 5.78 Å². The maximum Gasteiger partial charge on any atom is 0.201 e. The maximum atomic E-state index is 13.3. The Morgan fingerprint density at radius 1 is 1.22 bits per heavy atom. The second kappa shape index (κ2) is 9.40. The number of furan rings is 1. The molecule has 1 saturated heterocycles. The van der Waals surface area contributed by atoms with E-state index in [9.17, 15) is 4.79 Å². The summed E-state index contributed by atoms with van der Waals surface area (Å²) in [5.74, 6) is 0.902. The van der Waals surface area contributed by atoms with Crippen molar-refractivity contribution in [1.82, 2.24) is 4.90 Å². The lowest BCUT2D eigenvalue weighted by molar-refractivity contribution is 0.103. The van der Waals surface area contributed by atoms with Crippen LogP contribution >= 0.6 is 22.6 Å². The number of benzene rings is 2. The van der Waals surface area contributed by atoms with Crippen LogP contribution in [0.4, 0.5) is 5.88 Å². The summed E-state index contributed by atoms with van der Waals surface area (Å²) in [6, 6.07) is 14.3. The van der Waals surface area contributed by atoms with Crippen molar-refractivity contribution in [3.8, 4) is 0 Å². The Bertz CT molecular complexity index is 1180. The van der Waals surface area contributed by atoms with Gasteiger partial charge in [0.25, 0.3) is 0 Å². The van der Waals surface area contributed by atoms with Crippen molar-refractivity contribution in [2.24, 2.45) is 0 Å². The number of fused-ring (bicyclic) bond motifs is 2. The highest BCUT2D eigenvalue weighted by Crippen LogP contribution is 2.41. The first-order valence-corrected chi connectivity index (χ1v) is 12.8. The van der Waals surface area contributed by atoms with Gasteiger partial charge in [0.1, 0.15) is 5.58 Å². The quantitative estimate of drug-likeness (QED) is 0.278. The van der Waals surface area contributed by atoms with Gasteiger partial charge in [-0.2, -0.15) is 0 Å². The highest BCUT2D eigenvalue weighted by Gasteiger charge is 2.29. The summed E-state index contributed by atoms with van der Waals surface area (Å²) in [4.78, 5) is 15.9. The van der Waals surface area contributed by atoms with Crippen molar-refractivity contribution in [2.75, 3.05) is 25.0 Å². The third-order valence-corrected chi connectivity index (χ3v) is 7.64. The second-order valence-electron chi connectivity index (χ2n) is 8.83. The lowest BCUT2D eigenvalue weighted by atomic mass is 9.88. The number of hydrogen-bond acceptors (Lipinski definition) is 4. The highest BCUT2D eigenvalue weighted by atomic mass is 127. The lowest BCUT2D eigenvalue weighted by Crippen LogP contribution is -2.41. The molecule has 0 radical (unpaired) electrons. The number of nitrogens with one attached hydrogen (secondary N) is 1.